The van der Waals surface area contributed by atoms with Crippen molar-refractivity contribution in [2.45, 2.75) is 0 Å². The van der Waals surface area contributed by atoms with Gasteiger partial charge in [0.25, 0.3) is 5.89 Å². The highest BCUT2D eigenvalue weighted by Crippen LogP contribution is 2.33. The second kappa shape index (κ2) is 6.46. The van der Waals surface area contributed by atoms with Gasteiger partial charge in [-0.1, -0.05) is 11.2 Å². The number of rotatable bonds is 7. The number of nitrogens with zero attached hydrogens (tertiary/aromatic N) is 2. The highest BCUT2D eigenvalue weighted by atomic mass is 16.7. The molecule has 0 saturated heterocycles. The van der Waals surface area contributed by atoms with Crippen molar-refractivity contribution < 1.29 is 27.8 Å². The van der Waals surface area contributed by atoms with Gasteiger partial charge in [-0.2, -0.15) is 0 Å². The van der Waals surface area contributed by atoms with Gasteiger partial charge in [-0.05, 0) is 12.1 Å². The van der Waals surface area contributed by atoms with Crippen LogP contribution in [0.2, 0.25) is 0 Å². The standard InChI is InChI=1S/C14H14N2O6/c1-17-7-19-10-4-3-5-11-9(10)6-12(21-11)13-15-16-14(22-13)20-8-18-2/h3-6H,7-8H2,1-2H3. The Morgan fingerprint density at radius 2 is 1.82 bits per heavy atom. The van der Waals surface area contributed by atoms with Crippen LogP contribution < -0.4 is 9.47 Å². The van der Waals surface area contributed by atoms with E-state index in [0.29, 0.717) is 17.1 Å². The fourth-order valence-corrected chi connectivity index (χ4v) is 1.86. The molecule has 0 radical (unpaired) electrons. The second-order valence-corrected chi connectivity index (χ2v) is 4.25. The lowest BCUT2D eigenvalue weighted by Gasteiger charge is -2.04. The molecule has 0 saturated carbocycles. The summed E-state index contributed by atoms with van der Waals surface area (Å²) in [6.45, 7) is 0.173. The van der Waals surface area contributed by atoms with Crippen molar-refractivity contribution in [2.75, 3.05) is 27.8 Å². The number of fused-ring (bicyclic) bond motifs is 1. The topological polar surface area (TPSA) is 89.0 Å². The number of hydrogen-bond acceptors (Lipinski definition) is 8. The van der Waals surface area contributed by atoms with Crippen LogP contribution in [0.25, 0.3) is 22.6 Å². The van der Waals surface area contributed by atoms with Crippen molar-refractivity contribution in [3.63, 3.8) is 0 Å². The molecule has 0 aliphatic heterocycles. The zero-order valence-electron chi connectivity index (χ0n) is 12.1. The van der Waals surface area contributed by atoms with Gasteiger partial charge in [0, 0.05) is 20.3 Å². The van der Waals surface area contributed by atoms with Crippen LogP contribution in [0.4, 0.5) is 0 Å². The Hall–Kier alpha value is -2.58. The molecule has 1 aromatic carbocycles. The Morgan fingerprint density at radius 3 is 2.64 bits per heavy atom. The van der Waals surface area contributed by atoms with E-state index in [0.717, 1.165) is 5.39 Å². The predicted molar refractivity (Wildman–Crippen MR) is 74.5 cm³/mol. The lowest BCUT2D eigenvalue weighted by Crippen LogP contribution is -1.98. The van der Waals surface area contributed by atoms with E-state index in [1.54, 1.807) is 13.2 Å². The molecule has 22 heavy (non-hydrogen) atoms. The molecule has 3 aromatic rings. The summed E-state index contributed by atoms with van der Waals surface area (Å²) in [7, 11) is 3.05. The average Bonchev–Trinajstić information content (AvgIpc) is 3.17. The maximum atomic E-state index is 5.69. The molecule has 0 spiro atoms. The van der Waals surface area contributed by atoms with Gasteiger partial charge in [0.1, 0.15) is 11.3 Å². The van der Waals surface area contributed by atoms with Crippen molar-refractivity contribution in [1.29, 1.82) is 0 Å². The van der Waals surface area contributed by atoms with E-state index in [4.69, 9.17) is 27.8 Å². The third-order valence-corrected chi connectivity index (χ3v) is 2.77. The van der Waals surface area contributed by atoms with Crippen LogP contribution in [0.3, 0.4) is 0 Å². The third-order valence-electron chi connectivity index (χ3n) is 2.77. The van der Waals surface area contributed by atoms with Crippen molar-refractivity contribution in [2.24, 2.45) is 0 Å². The van der Waals surface area contributed by atoms with E-state index in [1.807, 2.05) is 18.2 Å². The van der Waals surface area contributed by atoms with Crippen molar-refractivity contribution >= 4 is 11.0 Å². The van der Waals surface area contributed by atoms with Crippen LogP contribution in [0, 0.1) is 0 Å². The first kappa shape index (κ1) is 14.4. The molecule has 0 amide bonds. The first-order valence-electron chi connectivity index (χ1n) is 6.41. The third kappa shape index (κ3) is 2.87. The molecule has 0 aliphatic rings. The Bertz CT molecular complexity index is 751. The van der Waals surface area contributed by atoms with Gasteiger partial charge in [-0.3, -0.25) is 0 Å². The Labute approximate surface area is 125 Å². The van der Waals surface area contributed by atoms with Gasteiger partial charge in [0.15, 0.2) is 19.3 Å². The number of furan rings is 1. The molecule has 8 nitrogen and oxygen atoms in total. The molecular weight excluding hydrogens is 292 g/mol. The molecule has 2 aromatic heterocycles. The Morgan fingerprint density at radius 1 is 1.00 bits per heavy atom. The molecule has 2 heterocycles. The summed E-state index contributed by atoms with van der Waals surface area (Å²) in [6.07, 6.45) is 0.00756. The van der Waals surface area contributed by atoms with Crippen LogP contribution in [-0.2, 0) is 9.47 Å². The second-order valence-electron chi connectivity index (χ2n) is 4.25. The van der Waals surface area contributed by atoms with E-state index >= 15 is 0 Å². The molecule has 0 bridgehead atoms. The van der Waals surface area contributed by atoms with Crippen LogP contribution >= 0.6 is 0 Å². The van der Waals surface area contributed by atoms with Crippen LogP contribution in [0.5, 0.6) is 11.8 Å². The number of aromatic nitrogens is 2. The number of ether oxygens (including phenoxy) is 4. The van der Waals surface area contributed by atoms with E-state index in [1.165, 1.54) is 7.11 Å². The largest absolute Gasteiger partial charge is 0.467 e. The summed E-state index contributed by atoms with van der Waals surface area (Å²) >= 11 is 0. The Balaban J connectivity index is 1.89. The van der Waals surface area contributed by atoms with Gasteiger partial charge >= 0.3 is 6.08 Å². The molecule has 0 unspecified atom stereocenters. The molecular formula is C14H14N2O6. The maximum Gasteiger partial charge on any atom is 0.417 e. The summed E-state index contributed by atoms with van der Waals surface area (Å²) < 4.78 is 31.2. The van der Waals surface area contributed by atoms with Crippen molar-refractivity contribution in [1.82, 2.24) is 10.2 Å². The summed E-state index contributed by atoms with van der Waals surface area (Å²) in [5, 5.41) is 8.40. The maximum absolute atomic E-state index is 5.69. The lowest BCUT2D eigenvalue weighted by atomic mass is 10.2. The van der Waals surface area contributed by atoms with Crippen LogP contribution in [-0.4, -0.2) is 38.0 Å². The molecule has 8 heteroatoms. The molecule has 0 aliphatic carbocycles. The highest BCUT2D eigenvalue weighted by molar-refractivity contribution is 5.87. The fraction of sp³-hybridized carbons (Fsp3) is 0.286. The lowest BCUT2D eigenvalue weighted by molar-refractivity contribution is 0.0303. The fourth-order valence-electron chi connectivity index (χ4n) is 1.86. The first-order valence-corrected chi connectivity index (χ1v) is 6.41. The highest BCUT2D eigenvalue weighted by Gasteiger charge is 2.16. The van der Waals surface area contributed by atoms with Crippen LogP contribution in [0.1, 0.15) is 0 Å². The SMILES string of the molecule is COCOc1nnc(-c2cc3c(OCOC)cccc3o2)o1. The predicted octanol–water partition coefficient (Wildman–Crippen LogP) is 2.45. The number of hydrogen-bond donors (Lipinski definition) is 0. The molecule has 3 rings (SSSR count). The molecule has 116 valence electrons. The van der Waals surface area contributed by atoms with Gasteiger partial charge in [0.2, 0.25) is 0 Å². The minimum absolute atomic E-state index is 0.00756. The number of methoxy groups -OCH3 is 2. The molecule has 0 fully saturated rings. The smallest absolute Gasteiger partial charge is 0.417 e. The minimum atomic E-state index is 0.00756. The zero-order chi connectivity index (χ0) is 15.4. The quantitative estimate of drug-likeness (QED) is 0.615. The normalized spacial score (nSPS) is 11.0. The summed E-state index contributed by atoms with van der Waals surface area (Å²) in [5.74, 6) is 1.27. The minimum Gasteiger partial charge on any atom is -0.467 e. The Kier molecular flexibility index (Phi) is 4.22. The van der Waals surface area contributed by atoms with Crippen molar-refractivity contribution in [3.8, 4) is 23.5 Å². The summed E-state index contributed by atoms with van der Waals surface area (Å²) in [5.41, 5.74) is 0.640. The summed E-state index contributed by atoms with van der Waals surface area (Å²) in [6, 6.07) is 7.22. The molecule has 0 N–H and O–H groups in total. The van der Waals surface area contributed by atoms with Gasteiger partial charge in [-0.15, -0.1) is 5.10 Å². The zero-order valence-corrected chi connectivity index (χ0v) is 12.1. The van der Waals surface area contributed by atoms with Crippen molar-refractivity contribution in [3.05, 3.63) is 24.3 Å². The monoisotopic (exact) mass is 306 g/mol. The van der Waals surface area contributed by atoms with E-state index in [2.05, 4.69) is 10.2 Å². The van der Waals surface area contributed by atoms with Gasteiger partial charge < -0.3 is 27.8 Å². The average molecular weight is 306 g/mol. The van der Waals surface area contributed by atoms with Gasteiger partial charge in [0.05, 0.1) is 5.39 Å². The van der Waals surface area contributed by atoms with E-state index < -0.39 is 0 Å². The van der Waals surface area contributed by atoms with E-state index in [9.17, 15) is 0 Å². The van der Waals surface area contributed by atoms with Crippen LogP contribution in [0.15, 0.2) is 33.1 Å². The molecule has 0 atom stereocenters. The van der Waals surface area contributed by atoms with E-state index in [-0.39, 0.29) is 25.6 Å². The summed E-state index contributed by atoms with van der Waals surface area (Å²) in [4.78, 5) is 0. The number of benzene rings is 1. The van der Waals surface area contributed by atoms with Gasteiger partial charge in [-0.25, -0.2) is 0 Å². The first-order chi connectivity index (χ1) is 10.8.